The van der Waals surface area contributed by atoms with Gasteiger partial charge < -0.3 is 10.1 Å². The molecule has 0 bridgehead atoms. The number of ether oxygens (including phenoxy) is 1. The highest BCUT2D eigenvalue weighted by Crippen LogP contribution is 2.44. The first-order valence-electron chi connectivity index (χ1n) is 8.21. The summed E-state index contributed by atoms with van der Waals surface area (Å²) in [4.78, 5) is 2.81. The molecule has 2 atom stereocenters. The van der Waals surface area contributed by atoms with Gasteiger partial charge in [0.15, 0.2) is 0 Å². The van der Waals surface area contributed by atoms with Crippen molar-refractivity contribution in [1.29, 1.82) is 0 Å². The zero-order valence-electron chi connectivity index (χ0n) is 12.7. The van der Waals surface area contributed by atoms with Crippen LogP contribution in [0.3, 0.4) is 0 Å². The van der Waals surface area contributed by atoms with Crippen LogP contribution in [-0.2, 0) is 4.74 Å². The number of hydrogen-bond donors (Lipinski definition) is 1. The molecule has 0 aromatic carbocycles. The third-order valence-corrected chi connectivity index (χ3v) is 5.40. The average molecular weight is 266 g/mol. The topological polar surface area (TPSA) is 24.5 Å². The summed E-state index contributed by atoms with van der Waals surface area (Å²) < 4.78 is 5.18. The van der Waals surface area contributed by atoms with E-state index in [0.29, 0.717) is 5.54 Å². The van der Waals surface area contributed by atoms with Crippen LogP contribution in [0.25, 0.3) is 0 Å². The van der Waals surface area contributed by atoms with Crippen LogP contribution >= 0.6 is 0 Å². The Bertz CT molecular complexity index is 301. The molecule has 3 fully saturated rings. The SMILES string of the molecule is COCCCCN1CC(C)(C2CC2)NCC1C1CC1. The van der Waals surface area contributed by atoms with Crippen molar-refractivity contribution in [3.63, 3.8) is 0 Å². The van der Waals surface area contributed by atoms with Gasteiger partial charge in [-0.05, 0) is 63.8 Å². The lowest BCUT2D eigenvalue weighted by Gasteiger charge is -2.47. The zero-order chi connectivity index (χ0) is 13.3. The first kappa shape index (κ1) is 13.8. The standard InChI is InChI=1S/C16H30N2O/c1-16(14-7-8-14)12-18(9-3-4-10-19-2)15(11-17-16)13-5-6-13/h13-15,17H,3-12H2,1-2H3. The van der Waals surface area contributed by atoms with Crippen molar-refractivity contribution in [1.82, 2.24) is 10.2 Å². The van der Waals surface area contributed by atoms with Crippen molar-refractivity contribution in [3.05, 3.63) is 0 Å². The summed E-state index contributed by atoms with van der Waals surface area (Å²) >= 11 is 0. The molecule has 0 spiro atoms. The van der Waals surface area contributed by atoms with E-state index in [9.17, 15) is 0 Å². The maximum absolute atomic E-state index is 5.18. The normalized spacial score (nSPS) is 36.6. The van der Waals surface area contributed by atoms with Gasteiger partial charge in [-0.1, -0.05) is 0 Å². The molecule has 0 aromatic heterocycles. The maximum Gasteiger partial charge on any atom is 0.0462 e. The molecule has 110 valence electrons. The smallest absolute Gasteiger partial charge is 0.0462 e. The molecule has 3 aliphatic rings. The lowest BCUT2D eigenvalue weighted by atomic mass is 9.89. The number of unbranched alkanes of at least 4 members (excludes halogenated alkanes) is 1. The van der Waals surface area contributed by atoms with Gasteiger partial charge in [0.05, 0.1) is 0 Å². The number of rotatable bonds is 7. The number of nitrogens with zero attached hydrogens (tertiary/aromatic N) is 1. The fourth-order valence-electron chi connectivity index (χ4n) is 3.81. The van der Waals surface area contributed by atoms with Crippen molar-refractivity contribution in [2.75, 3.05) is 33.4 Å². The van der Waals surface area contributed by atoms with Crippen LogP contribution in [0.4, 0.5) is 0 Å². The molecule has 1 aliphatic heterocycles. The molecular weight excluding hydrogens is 236 g/mol. The Morgan fingerprint density at radius 3 is 2.63 bits per heavy atom. The number of hydrogen-bond acceptors (Lipinski definition) is 3. The van der Waals surface area contributed by atoms with Crippen molar-refractivity contribution in [2.24, 2.45) is 11.8 Å². The molecule has 1 N–H and O–H groups in total. The lowest BCUT2D eigenvalue weighted by Crippen LogP contribution is -2.64. The van der Waals surface area contributed by atoms with E-state index in [4.69, 9.17) is 4.74 Å². The van der Waals surface area contributed by atoms with E-state index in [0.717, 1.165) is 24.5 Å². The van der Waals surface area contributed by atoms with Gasteiger partial charge in [-0.2, -0.15) is 0 Å². The van der Waals surface area contributed by atoms with Crippen molar-refractivity contribution in [2.45, 2.75) is 57.0 Å². The van der Waals surface area contributed by atoms with Gasteiger partial charge in [0.2, 0.25) is 0 Å². The molecule has 2 unspecified atom stereocenters. The fourth-order valence-corrected chi connectivity index (χ4v) is 3.81. The summed E-state index contributed by atoms with van der Waals surface area (Å²) in [5, 5.41) is 3.89. The van der Waals surface area contributed by atoms with E-state index in [1.165, 1.54) is 58.2 Å². The van der Waals surface area contributed by atoms with Gasteiger partial charge in [-0.25, -0.2) is 0 Å². The van der Waals surface area contributed by atoms with Crippen molar-refractivity contribution in [3.8, 4) is 0 Å². The van der Waals surface area contributed by atoms with E-state index >= 15 is 0 Å². The van der Waals surface area contributed by atoms with E-state index in [2.05, 4.69) is 17.1 Å². The molecule has 0 radical (unpaired) electrons. The Labute approximate surface area is 118 Å². The molecule has 3 heteroatoms. The minimum absolute atomic E-state index is 0.395. The number of nitrogens with one attached hydrogen (secondary N) is 1. The van der Waals surface area contributed by atoms with Crippen molar-refractivity contribution >= 4 is 0 Å². The van der Waals surface area contributed by atoms with Gasteiger partial charge in [-0.3, -0.25) is 4.90 Å². The first-order chi connectivity index (χ1) is 9.23. The molecule has 1 saturated heterocycles. The Hall–Kier alpha value is -0.120. The molecule has 19 heavy (non-hydrogen) atoms. The van der Waals surface area contributed by atoms with Gasteiger partial charge in [-0.15, -0.1) is 0 Å². The second-order valence-electron chi connectivity index (χ2n) is 7.15. The molecule has 3 nitrogen and oxygen atoms in total. The molecule has 2 saturated carbocycles. The zero-order valence-corrected chi connectivity index (χ0v) is 12.7. The van der Waals surface area contributed by atoms with Crippen LogP contribution in [0.1, 0.15) is 45.4 Å². The van der Waals surface area contributed by atoms with Crippen LogP contribution in [0.2, 0.25) is 0 Å². The molecule has 0 amide bonds. The summed E-state index contributed by atoms with van der Waals surface area (Å²) in [5.74, 6) is 1.92. The van der Waals surface area contributed by atoms with Gasteiger partial charge in [0.25, 0.3) is 0 Å². The third kappa shape index (κ3) is 3.32. The fraction of sp³-hybridized carbons (Fsp3) is 1.00. The number of piperazine rings is 1. The average Bonchev–Trinajstić information content (AvgIpc) is 3.28. The highest BCUT2D eigenvalue weighted by atomic mass is 16.5. The Morgan fingerprint density at radius 2 is 2.00 bits per heavy atom. The van der Waals surface area contributed by atoms with E-state index in [-0.39, 0.29) is 0 Å². The minimum atomic E-state index is 0.395. The summed E-state index contributed by atoms with van der Waals surface area (Å²) in [6.45, 7) is 7.14. The third-order valence-electron chi connectivity index (χ3n) is 5.40. The summed E-state index contributed by atoms with van der Waals surface area (Å²) in [7, 11) is 1.81. The second kappa shape index (κ2) is 5.71. The maximum atomic E-state index is 5.18. The van der Waals surface area contributed by atoms with Gasteiger partial charge in [0, 0.05) is 38.4 Å². The highest BCUT2D eigenvalue weighted by molar-refractivity contribution is 5.06. The minimum Gasteiger partial charge on any atom is -0.385 e. The van der Waals surface area contributed by atoms with Gasteiger partial charge >= 0.3 is 0 Å². The lowest BCUT2D eigenvalue weighted by molar-refractivity contribution is 0.0607. The van der Waals surface area contributed by atoms with Crippen LogP contribution in [0.5, 0.6) is 0 Å². The van der Waals surface area contributed by atoms with E-state index in [1.807, 2.05) is 7.11 Å². The van der Waals surface area contributed by atoms with Gasteiger partial charge in [0.1, 0.15) is 0 Å². The quantitative estimate of drug-likeness (QED) is 0.715. The monoisotopic (exact) mass is 266 g/mol. The predicted molar refractivity (Wildman–Crippen MR) is 78.3 cm³/mol. The first-order valence-corrected chi connectivity index (χ1v) is 8.21. The Balaban J connectivity index is 1.54. The molecular formula is C16H30N2O. The van der Waals surface area contributed by atoms with E-state index in [1.54, 1.807) is 0 Å². The van der Waals surface area contributed by atoms with Crippen LogP contribution < -0.4 is 5.32 Å². The molecule has 1 heterocycles. The predicted octanol–water partition coefficient (Wildman–Crippen LogP) is 2.27. The van der Waals surface area contributed by atoms with Crippen LogP contribution in [-0.4, -0.2) is 49.8 Å². The summed E-state index contributed by atoms with van der Waals surface area (Å²) in [5.41, 5.74) is 0.395. The Kier molecular flexibility index (Phi) is 4.16. The molecule has 0 aromatic rings. The second-order valence-corrected chi connectivity index (χ2v) is 7.15. The summed E-state index contributed by atoms with van der Waals surface area (Å²) in [6, 6.07) is 0.814. The Morgan fingerprint density at radius 1 is 1.21 bits per heavy atom. The highest BCUT2D eigenvalue weighted by Gasteiger charge is 2.48. The van der Waals surface area contributed by atoms with E-state index < -0.39 is 0 Å². The van der Waals surface area contributed by atoms with Crippen LogP contribution in [0.15, 0.2) is 0 Å². The number of methoxy groups -OCH3 is 1. The van der Waals surface area contributed by atoms with Crippen molar-refractivity contribution < 1.29 is 4.74 Å². The van der Waals surface area contributed by atoms with Crippen LogP contribution in [0, 0.1) is 11.8 Å². The molecule has 3 rings (SSSR count). The largest absolute Gasteiger partial charge is 0.385 e. The molecule has 2 aliphatic carbocycles. The summed E-state index contributed by atoms with van der Waals surface area (Å²) in [6.07, 6.45) is 8.29.